The maximum absolute atomic E-state index is 6.14. The summed E-state index contributed by atoms with van der Waals surface area (Å²) in [5.41, 5.74) is 0.992. The topological polar surface area (TPSA) is 9.23 Å². The average molecular weight is 340 g/mol. The molecule has 0 radical (unpaired) electrons. The molecule has 1 nitrogen and oxygen atoms in total. The highest BCUT2D eigenvalue weighted by atomic mass is 79.9. The molecule has 0 amide bonds. The number of halogens is 3. The number of alkyl halides is 1. The van der Waals surface area contributed by atoms with Gasteiger partial charge < -0.3 is 4.74 Å². The Morgan fingerprint density at radius 1 is 1.35 bits per heavy atom. The first-order valence-electron chi connectivity index (χ1n) is 5.75. The normalized spacial score (nSPS) is 12.5. The third kappa shape index (κ3) is 4.69. The van der Waals surface area contributed by atoms with E-state index >= 15 is 0 Å². The van der Waals surface area contributed by atoms with E-state index in [-0.39, 0.29) is 0 Å². The van der Waals surface area contributed by atoms with Crippen LogP contribution in [0, 0.1) is 5.92 Å². The van der Waals surface area contributed by atoms with Gasteiger partial charge >= 0.3 is 0 Å². The second-order valence-corrected chi connectivity index (χ2v) is 5.62. The van der Waals surface area contributed by atoms with Crippen LogP contribution >= 0.6 is 39.1 Å². The van der Waals surface area contributed by atoms with Crippen molar-refractivity contribution in [3.8, 4) is 5.75 Å². The molecular formula is C13H17BrCl2O. The molecule has 0 aliphatic carbocycles. The van der Waals surface area contributed by atoms with E-state index in [2.05, 4.69) is 29.8 Å². The lowest BCUT2D eigenvalue weighted by Gasteiger charge is -2.16. The third-order valence-electron chi connectivity index (χ3n) is 2.52. The van der Waals surface area contributed by atoms with E-state index in [1.54, 1.807) is 6.07 Å². The Morgan fingerprint density at radius 3 is 2.65 bits per heavy atom. The van der Waals surface area contributed by atoms with Crippen LogP contribution in [0.1, 0.15) is 32.3 Å². The highest BCUT2D eigenvalue weighted by molar-refractivity contribution is 9.08. The first kappa shape index (κ1) is 15.1. The van der Waals surface area contributed by atoms with Gasteiger partial charge in [-0.3, -0.25) is 0 Å². The van der Waals surface area contributed by atoms with Crippen molar-refractivity contribution in [2.24, 2.45) is 5.92 Å². The molecule has 0 N–H and O–H groups in total. The molecule has 0 saturated carbocycles. The lowest BCUT2D eigenvalue weighted by Crippen LogP contribution is -2.09. The van der Waals surface area contributed by atoms with Crippen LogP contribution in [0.25, 0.3) is 0 Å². The van der Waals surface area contributed by atoms with E-state index in [9.17, 15) is 0 Å². The molecule has 17 heavy (non-hydrogen) atoms. The van der Waals surface area contributed by atoms with Crippen molar-refractivity contribution in [1.82, 2.24) is 0 Å². The quantitative estimate of drug-likeness (QED) is 0.604. The number of hydrogen-bond acceptors (Lipinski definition) is 1. The van der Waals surface area contributed by atoms with Crippen LogP contribution in [-0.4, -0.2) is 6.61 Å². The molecule has 96 valence electrons. The minimum absolute atomic E-state index is 0.537. The van der Waals surface area contributed by atoms with Gasteiger partial charge in [0.15, 0.2) is 0 Å². The highest BCUT2D eigenvalue weighted by Crippen LogP contribution is 2.34. The molecule has 1 rings (SSSR count). The van der Waals surface area contributed by atoms with Gasteiger partial charge in [-0.25, -0.2) is 0 Å². The summed E-state index contributed by atoms with van der Waals surface area (Å²) < 4.78 is 5.81. The van der Waals surface area contributed by atoms with Crippen LogP contribution in [0.15, 0.2) is 12.1 Å². The predicted molar refractivity (Wildman–Crippen MR) is 78.7 cm³/mol. The molecule has 0 bridgehead atoms. The zero-order valence-corrected chi connectivity index (χ0v) is 13.2. The first-order valence-corrected chi connectivity index (χ1v) is 7.62. The van der Waals surface area contributed by atoms with E-state index in [0.29, 0.717) is 27.9 Å². The van der Waals surface area contributed by atoms with Crippen molar-refractivity contribution in [3.05, 3.63) is 27.7 Å². The van der Waals surface area contributed by atoms with Crippen molar-refractivity contribution in [3.63, 3.8) is 0 Å². The van der Waals surface area contributed by atoms with Crippen molar-refractivity contribution < 1.29 is 4.74 Å². The fourth-order valence-electron chi connectivity index (χ4n) is 1.68. The second-order valence-electron chi connectivity index (χ2n) is 4.21. The van der Waals surface area contributed by atoms with E-state index in [1.807, 2.05) is 6.07 Å². The first-order chi connectivity index (χ1) is 8.08. The SMILES string of the molecule is CCCC(C)COc1c(Cl)cc(Cl)cc1CBr. The molecule has 0 heterocycles. The number of hydrogen-bond donors (Lipinski definition) is 0. The second kappa shape index (κ2) is 7.50. The van der Waals surface area contributed by atoms with Crippen LogP contribution in [-0.2, 0) is 5.33 Å². The number of ether oxygens (including phenoxy) is 1. The zero-order chi connectivity index (χ0) is 12.8. The third-order valence-corrected chi connectivity index (χ3v) is 3.63. The fraction of sp³-hybridized carbons (Fsp3) is 0.538. The van der Waals surface area contributed by atoms with Crippen LogP contribution in [0.2, 0.25) is 10.0 Å². The number of benzene rings is 1. The van der Waals surface area contributed by atoms with Crippen molar-refractivity contribution in [2.45, 2.75) is 32.0 Å². The minimum atomic E-state index is 0.537. The zero-order valence-electron chi connectivity index (χ0n) is 10.1. The lowest BCUT2D eigenvalue weighted by molar-refractivity contribution is 0.250. The molecule has 1 aromatic rings. The van der Waals surface area contributed by atoms with Gasteiger partial charge in [-0.2, -0.15) is 0 Å². The minimum Gasteiger partial charge on any atom is -0.491 e. The van der Waals surface area contributed by atoms with Gasteiger partial charge in [0, 0.05) is 15.9 Å². The van der Waals surface area contributed by atoms with E-state index in [1.165, 1.54) is 6.42 Å². The van der Waals surface area contributed by atoms with E-state index < -0.39 is 0 Å². The van der Waals surface area contributed by atoms with Gasteiger partial charge in [0.05, 0.1) is 11.6 Å². The monoisotopic (exact) mass is 338 g/mol. The van der Waals surface area contributed by atoms with Gasteiger partial charge in [0.25, 0.3) is 0 Å². The van der Waals surface area contributed by atoms with Gasteiger partial charge in [-0.1, -0.05) is 59.4 Å². The van der Waals surface area contributed by atoms with Crippen molar-refractivity contribution in [1.29, 1.82) is 0 Å². The average Bonchev–Trinajstić information content (AvgIpc) is 2.27. The van der Waals surface area contributed by atoms with Crippen molar-refractivity contribution in [2.75, 3.05) is 6.61 Å². The summed E-state index contributed by atoms with van der Waals surface area (Å²) in [5, 5.41) is 1.90. The summed E-state index contributed by atoms with van der Waals surface area (Å²) in [5.74, 6) is 1.28. The van der Waals surface area contributed by atoms with Crippen LogP contribution in [0.5, 0.6) is 5.75 Å². The Bertz CT molecular complexity index is 369. The summed E-state index contributed by atoms with van der Waals surface area (Å²) in [6, 6.07) is 3.59. The molecule has 1 aromatic carbocycles. The summed E-state index contributed by atoms with van der Waals surface area (Å²) in [4.78, 5) is 0. The molecule has 0 spiro atoms. The Morgan fingerprint density at radius 2 is 2.06 bits per heavy atom. The molecule has 0 saturated heterocycles. The smallest absolute Gasteiger partial charge is 0.142 e. The predicted octanol–water partition coefficient (Wildman–Crippen LogP) is 5.70. The van der Waals surface area contributed by atoms with Crippen LogP contribution < -0.4 is 4.74 Å². The highest BCUT2D eigenvalue weighted by Gasteiger charge is 2.11. The molecule has 0 aliphatic rings. The lowest BCUT2D eigenvalue weighted by atomic mass is 10.1. The Labute approximate surface area is 122 Å². The summed E-state index contributed by atoms with van der Waals surface area (Å²) >= 11 is 15.5. The van der Waals surface area contributed by atoms with Gasteiger partial charge in [0.2, 0.25) is 0 Å². The summed E-state index contributed by atoms with van der Waals surface area (Å²) in [6.07, 6.45) is 2.33. The Hall–Kier alpha value is 0.0800. The Balaban J connectivity index is 2.76. The molecule has 0 aromatic heterocycles. The van der Waals surface area contributed by atoms with Gasteiger partial charge in [0.1, 0.15) is 5.75 Å². The molecule has 0 aliphatic heterocycles. The molecule has 1 atom stereocenters. The molecular weight excluding hydrogens is 323 g/mol. The maximum Gasteiger partial charge on any atom is 0.142 e. The maximum atomic E-state index is 6.14. The van der Waals surface area contributed by atoms with Gasteiger partial charge in [-0.15, -0.1) is 0 Å². The van der Waals surface area contributed by atoms with Crippen LogP contribution in [0.4, 0.5) is 0 Å². The van der Waals surface area contributed by atoms with Crippen LogP contribution in [0.3, 0.4) is 0 Å². The number of rotatable bonds is 6. The standard InChI is InChI=1S/C13H17BrCl2O/c1-3-4-9(2)8-17-13-10(7-14)5-11(15)6-12(13)16/h5-6,9H,3-4,7-8H2,1-2H3. The molecule has 0 fully saturated rings. The van der Waals surface area contributed by atoms with E-state index in [4.69, 9.17) is 27.9 Å². The fourth-order valence-corrected chi connectivity index (χ4v) is 2.68. The van der Waals surface area contributed by atoms with E-state index in [0.717, 1.165) is 17.7 Å². The largest absolute Gasteiger partial charge is 0.491 e. The van der Waals surface area contributed by atoms with Gasteiger partial charge in [-0.05, 0) is 24.5 Å². The molecule has 4 heteroatoms. The molecule has 1 unspecified atom stereocenters. The summed E-state index contributed by atoms with van der Waals surface area (Å²) in [6.45, 7) is 5.05. The Kier molecular flexibility index (Phi) is 6.68. The summed E-state index contributed by atoms with van der Waals surface area (Å²) in [7, 11) is 0. The van der Waals surface area contributed by atoms with Crippen molar-refractivity contribution >= 4 is 39.1 Å².